The van der Waals surface area contributed by atoms with Gasteiger partial charge in [0.1, 0.15) is 16.7 Å². The van der Waals surface area contributed by atoms with E-state index >= 15 is 0 Å². The Morgan fingerprint density at radius 3 is 1.89 bits per heavy atom. The van der Waals surface area contributed by atoms with Gasteiger partial charge < -0.3 is 18.3 Å². The zero-order valence-electron chi connectivity index (χ0n) is 29.1. The molecule has 0 spiro atoms. The van der Waals surface area contributed by atoms with Crippen LogP contribution in [0.15, 0.2) is 197 Å². The summed E-state index contributed by atoms with van der Waals surface area (Å²) >= 11 is 0. The average molecular weight is 694 g/mol. The molecule has 11 aromatic rings. The number of anilines is 3. The van der Waals surface area contributed by atoms with Crippen LogP contribution in [-0.2, 0) is 0 Å². The Bertz CT molecular complexity index is 3160. The summed E-state index contributed by atoms with van der Waals surface area (Å²) in [4.78, 5) is 7.15. The van der Waals surface area contributed by atoms with Crippen LogP contribution in [-0.4, -0.2) is 9.55 Å². The van der Waals surface area contributed by atoms with E-state index in [1.807, 2.05) is 42.5 Å². The number of fused-ring (bicyclic) bond motifs is 8. The third kappa shape index (κ3) is 4.83. The molecule has 0 radical (unpaired) electrons. The van der Waals surface area contributed by atoms with Gasteiger partial charge in [0, 0.05) is 50.5 Å². The number of para-hydroxylation sites is 2. The van der Waals surface area contributed by atoms with Crippen molar-refractivity contribution in [2.45, 2.75) is 0 Å². The van der Waals surface area contributed by atoms with Crippen molar-refractivity contribution in [2.75, 3.05) is 4.90 Å². The Hall–Kier alpha value is -7.37. The van der Waals surface area contributed by atoms with Gasteiger partial charge in [0.2, 0.25) is 5.89 Å². The van der Waals surface area contributed by atoms with E-state index in [9.17, 15) is 0 Å². The van der Waals surface area contributed by atoms with Crippen molar-refractivity contribution in [3.8, 4) is 28.3 Å². The number of oxazole rings is 1. The van der Waals surface area contributed by atoms with Gasteiger partial charge in [-0.15, -0.1) is 0 Å². The van der Waals surface area contributed by atoms with E-state index in [0.717, 1.165) is 78.0 Å². The van der Waals surface area contributed by atoms with Crippen molar-refractivity contribution in [3.63, 3.8) is 0 Å². The molecule has 3 heterocycles. The second-order valence-corrected chi connectivity index (χ2v) is 13.6. The molecule has 0 aliphatic carbocycles. The first-order chi connectivity index (χ1) is 26.8. The third-order valence-electron chi connectivity index (χ3n) is 10.4. The second kappa shape index (κ2) is 12.1. The second-order valence-electron chi connectivity index (χ2n) is 13.6. The minimum atomic E-state index is 0.594. The van der Waals surface area contributed by atoms with Crippen molar-refractivity contribution in [2.24, 2.45) is 0 Å². The van der Waals surface area contributed by atoms with Crippen LogP contribution in [0.5, 0.6) is 0 Å². The first kappa shape index (κ1) is 30.3. The van der Waals surface area contributed by atoms with Gasteiger partial charge in [0.25, 0.3) is 0 Å². The average Bonchev–Trinajstić information content (AvgIpc) is 3.93. The van der Waals surface area contributed by atoms with E-state index in [1.54, 1.807) is 0 Å². The van der Waals surface area contributed by atoms with Crippen molar-refractivity contribution in [3.05, 3.63) is 188 Å². The quantitative estimate of drug-likeness (QED) is 0.174. The molecule has 8 aromatic carbocycles. The molecule has 54 heavy (non-hydrogen) atoms. The van der Waals surface area contributed by atoms with Gasteiger partial charge in [-0.05, 0) is 90.0 Å². The molecule has 254 valence electrons. The maximum atomic E-state index is 6.60. The summed E-state index contributed by atoms with van der Waals surface area (Å²) in [5, 5.41) is 4.33. The van der Waals surface area contributed by atoms with Crippen molar-refractivity contribution >= 4 is 71.9 Å². The van der Waals surface area contributed by atoms with Crippen LogP contribution in [0.4, 0.5) is 17.1 Å². The number of furan rings is 1. The highest BCUT2D eigenvalue weighted by molar-refractivity contribution is 6.17. The molecule has 0 aliphatic rings. The van der Waals surface area contributed by atoms with E-state index in [-0.39, 0.29) is 0 Å². The molecule has 0 atom stereocenters. The number of aromatic nitrogens is 2. The molecule has 0 N–H and O–H groups in total. The molecular formula is C49H31N3O2. The number of benzene rings is 8. The Kier molecular flexibility index (Phi) is 6.79. The summed E-state index contributed by atoms with van der Waals surface area (Å²) in [5.41, 5.74) is 12.8. The van der Waals surface area contributed by atoms with Crippen molar-refractivity contribution in [1.29, 1.82) is 0 Å². The zero-order valence-corrected chi connectivity index (χ0v) is 29.1. The molecular weight excluding hydrogens is 663 g/mol. The van der Waals surface area contributed by atoms with Crippen LogP contribution in [0.3, 0.4) is 0 Å². The Labute approximate surface area is 310 Å². The topological polar surface area (TPSA) is 47.3 Å². The molecule has 0 amide bonds. The lowest BCUT2D eigenvalue weighted by molar-refractivity contribution is 0.622. The third-order valence-corrected chi connectivity index (χ3v) is 10.4. The maximum absolute atomic E-state index is 6.60. The fourth-order valence-corrected chi connectivity index (χ4v) is 7.93. The minimum Gasteiger partial charge on any atom is -0.456 e. The Morgan fingerprint density at radius 2 is 1.07 bits per heavy atom. The number of rotatable bonds is 6. The fraction of sp³-hybridized carbons (Fsp3) is 0. The highest BCUT2D eigenvalue weighted by Gasteiger charge is 2.21. The summed E-state index contributed by atoms with van der Waals surface area (Å²) in [5.74, 6) is 0.594. The van der Waals surface area contributed by atoms with Gasteiger partial charge in [0.15, 0.2) is 5.58 Å². The fourth-order valence-electron chi connectivity index (χ4n) is 7.93. The predicted octanol–water partition coefficient (Wildman–Crippen LogP) is 13.6. The van der Waals surface area contributed by atoms with Gasteiger partial charge in [-0.2, -0.15) is 0 Å². The highest BCUT2D eigenvalue weighted by Crippen LogP contribution is 2.43. The van der Waals surface area contributed by atoms with Gasteiger partial charge >= 0.3 is 0 Å². The van der Waals surface area contributed by atoms with Crippen molar-refractivity contribution < 1.29 is 8.83 Å². The van der Waals surface area contributed by atoms with Crippen LogP contribution in [0, 0.1) is 0 Å². The lowest BCUT2D eigenvalue weighted by Gasteiger charge is -2.26. The molecule has 0 fully saturated rings. The van der Waals surface area contributed by atoms with Gasteiger partial charge in [-0.3, -0.25) is 0 Å². The van der Waals surface area contributed by atoms with Crippen molar-refractivity contribution in [1.82, 2.24) is 9.55 Å². The van der Waals surface area contributed by atoms with Gasteiger partial charge in [0.05, 0.1) is 16.4 Å². The standard InChI is InChI=1S/C49H31N3O2/c1-4-13-32(14-5-1)34-17-12-20-36(29-34)51(37-23-25-40-39-21-10-11-22-43(39)52(44(40)30-37)35-18-8-3-9-19-35)38-24-26-41-46(31-38)53-45-28-27-42-48(47(41)45)54-49(50-42)33-15-6-2-7-16-33/h1-31H. The van der Waals surface area contributed by atoms with Gasteiger partial charge in [-0.25, -0.2) is 4.98 Å². The van der Waals surface area contributed by atoms with Gasteiger partial charge in [-0.1, -0.05) is 103 Å². The summed E-state index contributed by atoms with van der Waals surface area (Å²) in [6.07, 6.45) is 0. The van der Waals surface area contributed by atoms with Crippen LogP contribution in [0.25, 0.3) is 83.1 Å². The van der Waals surface area contributed by atoms with Crippen LogP contribution in [0.2, 0.25) is 0 Å². The summed E-state index contributed by atoms with van der Waals surface area (Å²) in [7, 11) is 0. The molecule has 5 heteroatoms. The van der Waals surface area contributed by atoms with Crippen LogP contribution < -0.4 is 4.90 Å². The summed E-state index contributed by atoms with van der Waals surface area (Å²) in [6, 6.07) is 65.7. The molecule has 0 unspecified atom stereocenters. The summed E-state index contributed by atoms with van der Waals surface area (Å²) in [6.45, 7) is 0. The Morgan fingerprint density at radius 1 is 0.426 bits per heavy atom. The first-order valence-electron chi connectivity index (χ1n) is 18.1. The smallest absolute Gasteiger partial charge is 0.227 e. The summed E-state index contributed by atoms with van der Waals surface area (Å²) < 4.78 is 15.4. The van der Waals surface area contributed by atoms with Crippen LogP contribution >= 0.6 is 0 Å². The molecule has 0 bridgehead atoms. The lowest BCUT2D eigenvalue weighted by atomic mass is 10.0. The van der Waals surface area contributed by atoms with Crippen LogP contribution in [0.1, 0.15) is 0 Å². The maximum Gasteiger partial charge on any atom is 0.227 e. The van der Waals surface area contributed by atoms with E-state index in [4.69, 9.17) is 13.8 Å². The highest BCUT2D eigenvalue weighted by atomic mass is 16.4. The SMILES string of the molecule is c1ccc(-c2cccc(N(c3ccc4c(c3)oc3ccc5nc(-c6ccccc6)oc5c34)c3ccc4c5ccccc5n(-c5ccccc5)c4c3)c2)cc1. The zero-order chi connectivity index (χ0) is 35.6. The Balaban J connectivity index is 1.13. The minimum absolute atomic E-state index is 0.594. The van der Waals surface area contributed by atoms with E-state index in [1.165, 1.54) is 16.3 Å². The molecule has 0 aliphatic heterocycles. The van der Waals surface area contributed by atoms with E-state index in [2.05, 4.69) is 155 Å². The monoisotopic (exact) mass is 693 g/mol. The number of hydrogen-bond donors (Lipinski definition) is 0. The largest absolute Gasteiger partial charge is 0.456 e. The van der Waals surface area contributed by atoms with E-state index in [0.29, 0.717) is 5.89 Å². The number of nitrogens with zero attached hydrogens (tertiary/aromatic N) is 3. The number of hydrogen-bond acceptors (Lipinski definition) is 4. The molecule has 3 aromatic heterocycles. The normalized spacial score (nSPS) is 11.7. The molecule has 0 saturated heterocycles. The molecule has 11 rings (SSSR count). The predicted molar refractivity (Wildman–Crippen MR) is 221 cm³/mol. The molecule has 5 nitrogen and oxygen atoms in total. The molecule has 0 saturated carbocycles. The van der Waals surface area contributed by atoms with E-state index < -0.39 is 0 Å². The lowest BCUT2D eigenvalue weighted by Crippen LogP contribution is -2.10. The first-order valence-corrected chi connectivity index (χ1v) is 18.1.